The van der Waals surface area contributed by atoms with Gasteiger partial charge in [0, 0.05) is 16.5 Å². The van der Waals surface area contributed by atoms with Crippen molar-refractivity contribution in [2.45, 2.75) is 12.2 Å². The zero-order chi connectivity index (χ0) is 18.5. The molecule has 0 saturated heterocycles. The summed E-state index contributed by atoms with van der Waals surface area (Å²) in [5.74, 6) is -0.176. The summed E-state index contributed by atoms with van der Waals surface area (Å²) >= 11 is 7.56. The number of nitrogens with zero attached hydrogens (tertiary/aromatic N) is 1. The summed E-state index contributed by atoms with van der Waals surface area (Å²) in [6.07, 6.45) is 1.93. The van der Waals surface area contributed by atoms with Crippen molar-refractivity contribution in [3.8, 4) is 0 Å². The highest BCUT2D eigenvalue weighted by molar-refractivity contribution is 8.13. The Labute approximate surface area is 160 Å². The summed E-state index contributed by atoms with van der Waals surface area (Å²) < 4.78 is 17.9. The average Bonchev–Trinajstić information content (AvgIpc) is 2.79. The van der Waals surface area contributed by atoms with Crippen LogP contribution in [0.15, 0.2) is 59.2 Å². The molecule has 2 aromatic carbocycles. The number of thioether (sulfide) groups is 1. The van der Waals surface area contributed by atoms with Gasteiger partial charge >= 0.3 is 5.97 Å². The fraction of sp³-hybridized carbons (Fsp3) is 0.158. The van der Waals surface area contributed by atoms with Crippen molar-refractivity contribution in [2.24, 2.45) is 4.99 Å². The molecule has 3 rings (SSSR count). The number of esters is 1. The molecule has 0 amide bonds. The molecule has 0 aromatic heterocycles. The molecule has 7 heteroatoms. The Hall–Kier alpha value is -2.31. The SMILES string of the molecule is COC(=O)CC1=CC(SCc2ccc(F)cc2Cl)=Nc2ccccc2N1. The van der Waals surface area contributed by atoms with Gasteiger partial charge in [-0.05, 0) is 35.9 Å². The predicted molar refractivity (Wildman–Crippen MR) is 105 cm³/mol. The quantitative estimate of drug-likeness (QED) is 0.718. The van der Waals surface area contributed by atoms with Gasteiger partial charge in [-0.2, -0.15) is 0 Å². The highest BCUT2D eigenvalue weighted by atomic mass is 35.5. The summed E-state index contributed by atoms with van der Waals surface area (Å²) in [6, 6.07) is 11.9. The van der Waals surface area contributed by atoms with Crippen molar-refractivity contribution in [1.29, 1.82) is 0 Å². The van der Waals surface area contributed by atoms with Gasteiger partial charge in [-0.25, -0.2) is 9.38 Å². The van der Waals surface area contributed by atoms with Gasteiger partial charge in [0.05, 0.1) is 29.9 Å². The summed E-state index contributed by atoms with van der Waals surface area (Å²) in [5.41, 5.74) is 3.10. The van der Waals surface area contributed by atoms with Gasteiger partial charge in [0.25, 0.3) is 0 Å². The van der Waals surface area contributed by atoms with Crippen LogP contribution < -0.4 is 5.32 Å². The maximum atomic E-state index is 13.2. The first kappa shape index (κ1) is 18.5. The summed E-state index contributed by atoms with van der Waals surface area (Å²) in [7, 11) is 1.35. The summed E-state index contributed by atoms with van der Waals surface area (Å²) in [4.78, 5) is 16.3. The van der Waals surface area contributed by atoms with E-state index in [9.17, 15) is 9.18 Å². The molecule has 4 nitrogen and oxygen atoms in total. The van der Waals surface area contributed by atoms with Crippen LogP contribution in [0, 0.1) is 5.82 Å². The van der Waals surface area contributed by atoms with Gasteiger partial charge < -0.3 is 10.1 Å². The van der Waals surface area contributed by atoms with E-state index in [4.69, 9.17) is 16.3 Å². The van der Waals surface area contributed by atoms with E-state index in [1.54, 1.807) is 6.07 Å². The highest BCUT2D eigenvalue weighted by Gasteiger charge is 2.14. The largest absolute Gasteiger partial charge is 0.469 e. The van der Waals surface area contributed by atoms with Gasteiger partial charge in [-0.3, -0.25) is 4.79 Å². The second kappa shape index (κ2) is 8.38. The first-order valence-corrected chi connectivity index (χ1v) is 9.20. The maximum absolute atomic E-state index is 13.2. The van der Waals surface area contributed by atoms with Crippen LogP contribution in [0.4, 0.5) is 15.8 Å². The number of hydrogen-bond acceptors (Lipinski definition) is 5. The van der Waals surface area contributed by atoms with Crippen LogP contribution in [-0.4, -0.2) is 18.1 Å². The first-order valence-electron chi connectivity index (χ1n) is 7.84. The zero-order valence-electron chi connectivity index (χ0n) is 14.0. The normalized spacial score (nSPS) is 13.0. The number of ether oxygens (including phenoxy) is 1. The number of hydrogen-bond donors (Lipinski definition) is 1. The minimum atomic E-state index is -0.367. The molecule has 1 N–H and O–H groups in total. The van der Waals surface area contributed by atoms with Gasteiger partial charge in [-0.15, -0.1) is 11.8 Å². The molecule has 0 fully saturated rings. The van der Waals surface area contributed by atoms with Gasteiger partial charge in [0.1, 0.15) is 5.82 Å². The minimum absolute atomic E-state index is 0.113. The zero-order valence-corrected chi connectivity index (χ0v) is 15.5. The van der Waals surface area contributed by atoms with Crippen molar-refractivity contribution in [3.63, 3.8) is 0 Å². The number of carbonyl (C=O) groups is 1. The lowest BCUT2D eigenvalue weighted by molar-refractivity contribution is -0.139. The molecular weight excluding hydrogens is 375 g/mol. The molecule has 134 valence electrons. The number of benzene rings is 2. The number of carbonyl (C=O) groups excluding carboxylic acids is 1. The first-order chi connectivity index (χ1) is 12.5. The molecule has 0 spiro atoms. The van der Waals surface area contributed by atoms with E-state index in [1.807, 2.05) is 30.3 Å². The lowest BCUT2D eigenvalue weighted by Crippen LogP contribution is -2.08. The highest BCUT2D eigenvalue weighted by Crippen LogP contribution is 2.32. The molecule has 26 heavy (non-hydrogen) atoms. The number of fused-ring (bicyclic) bond motifs is 1. The summed E-state index contributed by atoms with van der Waals surface area (Å²) in [5, 5.41) is 4.33. The Morgan fingerprint density at radius 3 is 2.88 bits per heavy atom. The topological polar surface area (TPSA) is 50.7 Å². The second-order valence-electron chi connectivity index (χ2n) is 5.54. The van der Waals surface area contributed by atoms with Crippen LogP contribution in [0.25, 0.3) is 0 Å². The van der Waals surface area contributed by atoms with E-state index < -0.39 is 0 Å². The third-order valence-electron chi connectivity index (χ3n) is 3.68. The number of anilines is 1. The Morgan fingerprint density at radius 2 is 2.12 bits per heavy atom. The van der Waals surface area contributed by atoms with Gasteiger partial charge in [-0.1, -0.05) is 29.8 Å². The third kappa shape index (κ3) is 4.65. The standard InChI is InChI=1S/C19H16ClFN2O2S/c1-25-19(24)10-14-9-18(23-17-5-3-2-4-16(17)22-14)26-11-12-6-7-13(21)8-15(12)20/h2-9,22H,10-11H2,1H3. The summed E-state index contributed by atoms with van der Waals surface area (Å²) in [6.45, 7) is 0. The Morgan fingerprint density at radius 1 is 1.31 bits per heavy atom. The van der Waals surface area contributed by atoms with Crippen molar-refractivity contribution in [3.05, 3.63) is 70.6 Å². The number of rotatable bonds is 4. The van der Waals surface area contributed by atoms with E-state index in [0.29, 0.717) is 16.5 Å². The Bertz CT molecular complexity index is 899. The number of halogens is 2. The van der Waals surface area contributed by atoms with Crippen molar-refractivity contribution >= 4 is 45.8 Å². The second-order valence-corrected chi connectivity index (χ2v) is 6.94. The van der Waals surface area contributed by atoms with Crippen LogP contribution >= 0.6 is 23.4 Å². The molecular formula is C19H16ClFN2O2S. The van der Waals surface area contributed by atoms with Crippen LogP contribution in [0.5, 0.6) is 0 Å². The van der Waals surface area contributed by atoms with E-state index in [-0.39, 0.29) is 18.2 Å². The molecule has 0 atom stereocenters. The Balaban J connectivity index is 1.85. The van der Waals surface area contributed by atoms with Crippen molar-refractivity contribution in [1.82, 2.24) is 0 Å². The minimum Gasteiger partial charge on any atom is -0.469 e. The van der Waals surface area contributed by atoms with Crippen molar-refractivity contribution in [2.75, 3.05) is 12.4 Å². The van der Waals surface area contributed by atoms with Crippen LogP contribution in [-0.2, 0) is 15.3 Å². The van der Waals surface area contributed by atoms with E-state index >= 15 is 0 Å². The van der Waals surface area contributed by atoms with E-state index in [2.05, 4.69) is 10.3 Å². The molecule has 0 aliphatic carbocycles. The maximum Gasteiger partial charge on any atom is 0.311 e. The fourth-order valence-electron chi connectivity index (χ4n) is 2.37. The van der Waals surface area contributed by atoms with Gasteiger partial charge in [0.15, 0.2) is 0 Å². The Kier molecular flexibility index (Phi) is 5.96. The van der Waals surface area contributed by atoms with Gasteiger partial charge in [0.2, 0.25) is 0 Å². The molecule has 0 saturated carbocycles. The molecule has 1 aliphatic heterocycles. The number of para-hydroxylation sites is 2. The average molecular weight is 391 g/mol. The lowest BCUT2D eigenvalue weighted by atomic mass is 10.2. The van der Waals surface area contributed by atoms with Crippen LogP contribution in [0.1, 0.15) is 12.0 Å². The van der Waals surface area contributed by atoms with Crippen LogP contribution in [0.3, 0.4) is 0 Å². The molecule has 0 unspecified atom stereocenters. The molecule has 0 bridgehead atoms. The molecule has 2 aromatic rings. The smallest absolute Gasteiger partial charge is 0.311 e. The molecule has 0 radical (unpaired) electrons. The monoisotopic (exact) mass is 390 g/mol. The van der Waals surface area contributed by atoms with E-state index in [0.717, 1.165) is 22.0 Å². The van der Waals surface area contributed by atoms with Crippen LogP contribution in [0.2, 0.25) is 5.02 Å². The molecule has 1 heterocycles. The van der Waals surface area contributed by atoms with Crippen molar-refractivity contribution < 1.29 is 13.9 Å². The predicted octanol–water partition coefficient (Wildman–Crippen LogP) is 5.32. The number of nitrogens with one attached hydrogen (secondary N) is 1. The third-order valence-corrected chi connectivity index (χ3v) is 4.99. The van der Waals surface area contributed by atoms with E-state index in [1.165, 1.54) is 31.0 Å². The number of methoxy groups -OCH3 is 1. The molecule has 1 aliphatic rings. The fourth-order valence-corrected chi connectivity index (χ4v) is 3.63. The number of aliphatic imine (C=N–C) groups is 1. The lowest BCUT2D eigenvalue weighted by Gasteiger charge is -2.09.